The van der Waals surface area contributed by atoms with Gasteiger partial charge in [-0.1, -0.05) is 6.07 Å². The molecular weight excluding hydrogens is 341 g/mol. The van der Waals surface area contributed by atoms with Crippen LogP contribution in [0.15, 0.2) is 30.6 Å². The van der Waals surface area contributed by atoms with E-state index in [0.29, 0.717) is 0 Å². The van der Waals surface area contributed by atoms with Crippen molar-refractivity contribution in [3.8, 4) is 0 Å². The van der Waals surface area contributed by atoms with Crippen LogP contribution in [-0.2, 0) is 0 Å². The Balaban J connectivity index is 0.000000360. The van der Waals surface area contributed by atoms with Crippen molar-refractivity contribution < 1.29 is 0 Å². The molecule has 1 aromatic rings. The van der Waals surface area contributed by atoms with Gasteiger partial charge in [0.25, 0.3) is 0 Å². The number of aromatic nitrogens is 1. The van der Waals surface area contributed by atoms with Gasteiger partial charge in [0.1, 0.15) is 0 Å². The molecule has 1 rings (SSSR count). The third-order valence-electron chi connectivity index (χ3n) is 0.566. The molecule has 2 heteroatoms. The molecule has 0 amide bonds. The Morgan fingerprint density at radius 3 is 1.57 bits per heavy atom. The maximum absolute atomic E-state index is 3.78. The van der Waals surface area contributed by atoms with Crippen molar-refractivity contribution in [2.24, 2.45) is 0 Å². The molecule has 0 fully saturated rings. The quantitative estimate of drug-likeness (QED) is 0.685. The molecule has 0 aliphatic heterocycles. The SMILES string of the molecule is [Rf].c1ccncc1. The van der Waals surface area contributed by atoms with Crippen molar-refractivity contribution in [2.75, 3.05) is 0 Å². The van der Waals surface area contributed by atoms with Crippen molar-refractivity contribution in [1.82, 2.24) is 4.98 Å². The van der Waals surface area contributed by atoms with Crippen molar-refractivity contribution >= 4 is 0 Å². The number of rotatable bonds is 0. The third-order valence-corrected chi connectivity index (χ3v) is 0.566. The van der Waals surface area contributed by atoms with Crippen LogP contribution in [-0.4, -0.2) is 4.98 Å². The Morgan fingerprint density at radius 1 is 0.857 bits per heavy atom. The zero-order valence-corrected chi connectivity index (χ0v) is 10.4. The topological polar surface area (TPSA) is 12.9 Å². The second-order valence-electron chi connectivity index (χ2n) is 1.02. The van der Waals surface area contributed by atoms with E-state index < -0.39 is 0 Å². The van der Waals surface area contributed by atoms with E-state index in [9.17, 15) is 0 Å². The molecule has 0 N–H and O–H groups in total. The third kappa shape index (κ3) is 1.11. The van der Waals surface area contributed by atoms with Gasteiger partial charge in [-0.15, -0.1) is 0 Å². The van der Waals surface area contributed by atoms with Crippen molar-refractivity contribution in [1.29, 1.82) is 0 Å². The van der Waals surface area contributed by atoms with Gasteiger partial charge in [-0.2, -0.15) is 0 Å². The van der Waals surface area contributed by atoms with E-state index in [2.05, 4.69) is 4.98 Å². The van der Waals surface area contributed by atoms with Crippen LogP contribution in [0.5, 0.6) is 0 Å². The maximum atomic E-state index is 3.78. The zero-order valence-electron chi connectivity index (χ0n) is 4.04. The van der Waals surface area contributed by atoms with Gasteiger partial charge in [0.05, 0.1) is 0 Å². The largest absolute Gasteiger partial charge is 0.265 e. The Morgan fingerprint density at radius 2 is 1.43 bits per heavy atom. The first-order chi connectivity index (χ1) is 3.00. The van der Waals surface area contributed by atoms with Gasteiger partial charge in [0, 0.05) is 12.4 Å². The predicted octanol–water partition coefficient (Wildman–Crippen LogP) is 1.08. The first kappa shape index (κ1) is 5.15. The minimum Gasteiger partial charge on any atom is -0.265 e. The summed E-state index contributed by atoms with van der Waals surface area (Å²) in [6, 6.07) is 5.72. The number of nitrogens with zero attached hydrogens (tertiary/aromatic N) is 1. The maximum Gasteiger partial charge on any atom is 0.0267 e. The van der Waals surface area contributed by atoms with E-state index in [-0.39, 0.29) is 0 Å². The summed E-state index contributed by atoms with van der Waals surface area (Å²) in [7, 11) is 0. The van der Waals surface area contributed by atoms with Crippen LogP contribution < -0.4 is 0 Å². The smallest absolute Gasteiger partial charge is 0.0267 e. The van der Waals surface area contributed by atoms with Crippen LogP contribution in [0.3, 0.4) is 0 Å². The fourth-order valence-corrected chi connectivity index (χ4v) is 0.313. The number of hydrogen-bond acceptors (Lipinski definition) is 1. The fourth-order valence-electron chi connectivity index (χ4n) is 0.313. The van der Waals surface area contributed by atoms with Gasteiger partial charge in [-0.25, -0.2) is 0 Å². The summed E-state index contributed by atoms with van der Waals surface area (Å²) in [5.74, 6) is 0. The molecule has 0 saturated heterocycles. The van der Waals surface area contributed by atoms with Gasteiger partial charge in [0.2, 0.25) is 0 Å². The van der Waals surface area contributed by atoms with Gasteiger partial charge < -0.3 is 0 Å². The van der Waals surface area contributed by atoms with Crippen LogP contribution in [0.25, 0.3) is 0 Å². The molecule has 1 aromatic heterocycles. The van der Waals surface area contributed by atoms with Gasteiger partial charge in [-0.05, 0) is 12.1 Å². The summed E-state index contributed by atoms with van der Waals surface area (Å²) < 4.78 is 0. The summed E-state index contributed by atoms with van der Waals surface area (Å²) in [5, 5.41) is 0. The van der Waals surface area contributed by atoms with E-state index >= 15 is 0 Å². The Labute approximate surface area is 36.7 Å². The normalized spacial score (nSPS) is 6.86. The molecule has 0 aliphatic carbocycles. The van der Waals surface area contributed by atoms with E-state index in [4.69, 9.17) is 0 Å². The monoisotopic (exact) mass is 346 g/mol. The molecule has 0 bridgehead atoms. The standard InChI is InChI=1S/C5H5N.Rf/c1-2-4-6-5-3-1;/h1-5H;. The van der Waals surface area contributed by atoms with Gasteiger partial charge in [0.15, 0.2) is 0 Å². The minimum atomic E-state index is 0. The number of pyridine rings is 1. The van der Waals surface area contributed by atoms with Crippen molar-refractivity contribution in [3.05, 3.63) is 30.6 Å². The predicted molar refractivity (Wildman–Crippen MR) is 24.2 cm³/mol. The molecule has 32 valence electrons. The second kappa shape index (κ2) is 2.39. The molecule has 0 aromatic carbocycles. The summed E-state index contributed by atoms with van der Waals surface area (Å²) >= 11 is 0. The van der Waals surface area contributed by atoms with E-state index in [1.807, 2.05) is 18.2 Å². The molecule has 0 radical (unpaired) electrons. The van der Waals surface area contributed by atoms with Crippen LogP contribution >= 0.6 is 0 Å². The molecule has 0 aliphatic rings. The Bertz CT molecular complexity index is 80.0. The first-order valence-corrected chi connectivity index (χ1v) is 1.85. The average Bonchev–Trinajstić information content (AvgIpc) is 1.72. The zero-order chi connectivity index (χ0) is 4.24. The Hall–Kier alpha value is -1.85. The average molecular weight is 346 g/mol. The van der Waals surface area contributed by atoms with Crippen molar-refractivity contribution in [3.63, 3.8) is 0 Å². The molecule has 1 nitrogen and oxygen atoms in total. The van der Waals surface area contributed by atoms with E-state index in [0.717, 1.165) is 0 Å². The molecule has 0 saturated carbocycles. The van der Waals surface area contributed by atoms with E-state index in [1.165, 1.54) is 0 Å². The second-order valence-corrected chi connectivity index (χ2v) is 1.02. The van der Waals surface area contributed by atoms with E-state index in [1.54, 1.807) is 12.4 Å². The molecule has 0 unspecified atom stereocenters. The summed E-state index contributed by atoms with van der Waals surface area (Å²) in [6.07, 6.45) is 3.50. The van der Waals surface area contributed by atoms with Crippen LogP contribution in [0.1, 0.15) is 0 Å². The van der Waals surface area contributed by atoms with Gasteiger partial charge >= 0.3 is 0 Å². The molecule has 0 spiro atoms. The summed E-state index contributed by atoms with van der Waals surface area (Å²) in [6.45, 7) is 0. The molecule has 1 heterocycles. The minimum absolute atomic E-state index is 0. The van der Waals surface area contributed by atoms with Gasteiger partial charge in [-0.3, -0.25) is 4.98 Å². The van der Waals surface area contributed by atoms with Crippen LogP contribution in [0.2, 0.25) is 0 Å². The van der Waals surface area contributed by atoms with Crippen molar-refractivity contribution in [2.45, 2.75) is 0 Å². The molecule has 7 heavy (non-hydrogen) atoms. The first-order valence-electron chi connectivity index (χ1n) is 1.85. The molecule has 0 atom stereocenters. The summed E-state index contributed by atoms with van der Waals surface area (Å²) in [5.41, 5.74) is 0. The Kier molecular flexibility index (Phi) is 1.76. The van der Waals surface area contributed by atoms with Crippen LogP contribution in [0.4, 0.5) is 0 Å². The van der Waals surface area contributed by atoms with Crippen LogP contribution in [0, 0.1) is 0 Å². The molecular formula is C5H5NRf. The fraction of sp³-hybridized carbons (Fsp3) is 0. The summed E-state index contributed by atoms with van der Waals surface area (Å²) in [4.78, 5) is 3.78. The number of hydrogen-bond donors (Lipinski definition) is 0.